The monoisotopic (exact) mass is 258 g/mol. The van der Waals surface area contributed by atoms with Crippen LogP contribution in [0, 0.1) is 0 Å². The SMILES string of the molecule is CC(C)Oc1cccnc1Oc1ccccc1CN. The molecule has 0 spiro atoms. The average molecular weight is 258 g/mol. The summed E-state index contributed by atoms with van der Waals surface area (Å²) in [4.78, 5) is 4.21. The van der Waals surface area contributed by atoms with Crippen LogP contribution in [0.15, 0.2) is 42.6 Å². The lowest BCUT2D eigenvalue weighted by Gasteiger charge is -2.14. The van der Waals surface area contributed by atoms with Gasteiger partial charge in [-0.3, -0.25) is 0 Å². The third kappa shape index (κ3) is 3.45. The maximum Gasteiger partial charge on any atom is 0.262 e. The number of pyridine rings is 1. The van der Waals surface area contributed by atoms with Crippen LogP contribution in [-0.4, -0.2) is 11.1 Å². The molecule has 2 aromatic rings. The number of nitrogens with zero attached hydrogens (tertiary/aromatic N) is 1. The van der Waals surface area contributed by atoms with Crippen LogP contribution < -0.4 is 15.2 Å². The highest BCUT2D eigenvalue weighted by Gasteiger charge is 2.10. The Morgan fingerprint density at radius 3 is 2.58 bits per heavy atom. The third-order valence-electron chi connectivity index (χ3n) is 2.50. The number of rotatable bonds is 5. The summed E-state index contributed by atoms with van der Waals surface area (Å²) in [5, 5.41) is 0. The highest BCUT2D eigenvalue weighted by Crippen LogP contribution is 2.31. The maximum absolute atomic E-state index is 5.82. The molecule has 4 nitrogen and oxygen atoms in total. The Labute approximate surface area is 113 Å². The minimum Gasteiger partial charge on any atom is -0.485 e. The molecule has 0 aliphatic carbocycles. The predicted octanol–water partition coefficient (Wildman–Crippen LogP) is 3.12. The van der Waals surface area contributed by atoms with Crippen molar-refractivity contribution < 1.29 is 9.47 Å². The molecule has 0 unspecified atom stereocenters. The summed E-state index contributed by atoms with van der Waals surface area (Å²) in [7, 11) is 0. The van der Waals surface area contributed by atoms with E-state index in [0.29, 0.717) is 23.9 Å². The van der Waals surface area contributed by atoms with Crippen molar-refractivity contribution in [3.8, 4) is 17.4 Å². The maximum atomic E-state index is 5.82. The zero-order valence-electron chi connectivity index (χ0n) is 11.2. The van der Waals surface area contributed by atoms with Crippen LogP contribution in [0.5, 0.6) is 17.4 Å². The topological polar surface area (TPSA) is 57.4 Å². The summed E-state index contributed by atoms with van der Waals surface area (Å²) >= 11 is 0. The van der Waals surface area contributed by atoms with E-state index in [1.165, 1.54) is 0 Å². The van der Waals surface area contributed by atoms with E-state index in [1.807, 2.05) is 50.2 Å². The molecule has 0 fully saturated rings. The number of para-hydroxylation sites is 1. The fourth-order valence-electron chi connectivity index (χ4n) is 1.67. The minimum absolute atomic E-state index is 0.0660. The first-order valence-electron chi connectivity index (χ1n) is 6.28. The summed E-state index contributed by atoms with van der Waals surface area (Å²) in [6.45, 7) is 4.35. The molecule has 4 heteroatoms. The quantitative estimate of drug-likeness (QED) is 0.895. The van der Waals surface area contributed by atoms with Gasteiger partial charge in [-0.2, -0.15) is 0 Å². The number of hydrogen-bond acceptors (Lipinski definition) is 4. The van der Waals surface area contributed by atoms with Gasteiger partial charge in [0.25, 0.3) is 5.88 Å². The lowest BCUT2D eigenvalue weighted by Crippen LogP contribution is -2.07. The molecule has 0 radical (unpaired) electrons. The molecule has 1 aromatic carbocycles. The average Bonchev–Trinajstić information content (AvgIpc) is 2.41. The predicted molar refractivity (Wildman–Crippen MR) is 74.4 cm³/mol. The Kier molecular flexibility index (Phi) is 4.36. The van der Waals surface area contributed by atoms with Crippen molar-refractivity contribution in [1.29, 1.82) is 0 Å². The van der Waals surface area contributed by atoms with Gasteiger partial charge in [0.15, 0.2) is 5.75 Å². The van der Waals surface area contributed by atoms with Gasteiger partial charge in [-0.05, 0) is 32.0 Å². The van der Waals surface area contributed by atoms with Gasteiger partial charge in [-0.15, -0.1) is 0 Å². The van der Waals surface area contributed by atoms with Crippen LogP contribution in [0.3, 0.4) is 0 Å². The summed E-state index contributed by atoms with van der Waals surface area (Å²) in [5.41, 5.74) is 6.63. The lowest BCUT2D eigenvalue weighted by atomic mass is 10.2. The van der Waals surface area contributed by atoms with E-state index < -0.39 is 0 Å². The van der Waals surface area contributed by atoms with Gasteiger partial charge in [0, 0.05) is 18.3 Å². The first-order valence-corrected chi connectivity index (χ1v) is 6.28. The van der Waals surface area contributed by atoms with E-state index in [1.54, 1.807) is 6.20 Å². The van der Waals surface area contributed by atoms with Crippen LogP contribution in [0.4, 0.5) is 0 Å². The number of hydrogen-bond donors (Lipinski definition) is 1. The molecule has 2 rings (SSSR count). The van der Waals surface area contributed by atoms with Crippen LogP contribution in [0.2, 0.25) is 0 Å². The van der Waals surface area contributed by atoms with Gasteiger partial charge in [0.1, 0.15) is 5.75 Å². The Hall–Kier alpha value is -2.07. The number of ether oxygens (including phenoxy) is 2. The molecule has 0 atom stereocenters. The van der Waals surface area contributed by atoms with E-state index in [0.717, 1.165) is 5.56 Å². The summed E-state index contributed by atoms with van der Waals surface area (Å²) < 4.78 is 11.5. The second kappa shape index (κ2) is 6.20. The lowest BCUT2D eigenvalue weighted by molar-refractivity contribution is 0.231. The minimum atomic E-state index is 0.0660. The molecule has 100 valence electrons. The van der Waals surface area contributed by atoms with Crippen molar-refractivity contribution in [3.05, 3.63) is 48.2 Å². The van der Waals surface area contributed by atoms with Crippen molar-refractivity contribution in [3.63, 3.8) is 0 Å². The van der Waals surface area contributed by atoms with Gasteiger partial charge >= 0.3 is 0 Å². The molecular formula is C15H18N2O2. The van der Waals surface area contributed by atoms with Crippen LogP contribution >= 0.6 is 0 Å². The first kappa shape index (κ1) is 13.4. The van der Waals surface area contributed by atoms with E-state index in [4.69, 9.17) is 15.2 Å². The largest absolute Gasteiger partial charge is 0.485 e. The van der Waals surface area contributed by atoms with Crippen molar-refractivity contribution in [2.45, 2.75) is 26.5 Å². The van der Waals surface area contributed by atoms with Crippen molar-refractivity contribution >= 4 is 0 Å². The van der Waals surface area contributed by atoms with Crippen LogP contribution in [-0.2, 0) is 6.54 Å². The Morgan fingerprint density at radius 1 is 1.11 bits per heavy atom. The Balaban J connectivity index is 2.27. The van der Waals surface area contributed by atoms with Crippen LogP contribution in [0.25, 0.3) is 0 Å². The molecule has 0 amide bonds. The van der Waals surface area contributed by atoms with E-state index in [9.17, 15) is 0 Å². The molecule has 0 aliphatic heterocycles. The number of nitrogens with two attached hydrogens (primary N) is 1. The molecule has 0 bridgehead atoms. The molecule has 2 N–H and O–H groups in total. The van der Waals surface area contributed by atoms with Crippen molar-refractivity contribution in [2.75, 3.05) is 0 Å². The van der Waals surface area contributed by atoms with Crippen molar-refractivity contribution in [1.82, 2.24) is 4.98 Å². The standard InChI is InChI=1S/C15H18N2O2/c1-11(2)18-14-8-5-9-17-15(14)19-13-7-4-3-6-12(13)10-16/h3-9,11H,10,16H2,1-2H3. The van der Waals surface area contributed by atoms with Gasteiger partial charge < -0.3 is 15.2 Å². The number of aromatic nitrogens is 1. The highest BCUT2D eigenvalue weighted by molar-refractivity contribution is 5.40. The number of benzene rings is 1. The second-order valence-corrected chi connectivity index (χ2v) is 4.39. The fraction of sp³-hybridized carbons (Fsp3) is 0.267. The summed E-state index contributed by atoms with van der Waals surface area (Å²) in [6.07, 6.45) is 1.74. The molecule has 0 saturated heterocycles. The summed E-state index contributed by atoms with van der Waals surface area (Å²) in [5.74, 6) is 1.79. The molecule has 19 heavy (non-hydrogen) atoms. The molecule has 0 saturated carbocycles. The molecule has 1 heterocycles. The van der Waals surface area contributed by atoms with Gasteiger partial charge in [-0.25, -0.2) is 4.98 Å². The highest BCUT2D eigenvalue weighted by atomic mass is 16.5. The van der Waals surface area contributed by atoms with Gasteiger partial charge in [-0.1, -0.05) is 18.2 Å². The van der Waals surface area contributed by atoms with Crippen molar-refractivity contribution in [2.24, 2.45) is 5.73 Å². The zero-order chi connectivity index (χ0) is 13.7. The summed E-state index contributed by atoms with van der Waals surface area (Å²) in [6, 6.07) is 11.3. The molecular weight excluding hydrogens is 240 g/mol. The zero-order valence-corrected chi connectivity index (χ0v) is 11.2. The third-order valence-corrected chi connectivity index (χ3v) is 2.50. The van der Waals surface area contributed by atoms with E-state index in [2.05, 4.69) is 4.98 Å². The van der Waals surface area contributed by atoms with E-state index >= 15 is 0 Å². The molecule has 1 aromatic heterocycles. The van der Waals surface area contributed by atoms with E-state index in [-0.39, 0.29) is 6.10 Å². The van der Waals surface area contributed by atoms with Crippen LogP contribution in [0.1, 0.15) is 19.4 Å². The Morgan fingerprint density at radius 2 is 1.84 bits per heavy atom. The second-order valence-electron chi connectivity index (χ2n) is 4.39. The smallest absolute Gasteiger partial charge is 0.262 e. The molecule has 0 aliphatic rings. The Bertz CT molecular complexity index is 541. The fourth-order valence-corrected chi connectivity index (χ4v) is 1.67. The normalized spacial score (nSPS) is 10.5. The van der Waals surface area contributed by atoms with Gasteiger partial charge in [0.05, 0.1) is 6.10 Å². The first-order chi connectivity index (χ1) is 9.20. The van der Waals surface area contributed by atoms with Gasteiger partial charge in [0.2, 0.25) is 0 Å².